The summed E-state index contributed by atoms with van der Waals surface area (Å²) in [5.41, 5.74) is 4.59. The standard InChI is InChI=1S/C7H12N2/c1-5-7(6(2)3)9-8-4/h5,9H,2,4H2,1,3H3/b7-5+. The molecule has 0 radical (unpaired) electrons. The number of hydrogen-bond acceptors (Lipinski definition) is 2. The van der Waals surface area contributed by atoms with E-state index in [1.165, 1.54) is 0 Å². The Morgan fingerprint density at radius 1 is 1.67 bits per heavy atom. The largest absolute Gasteiger partial charge is 0.279 e. The molecule has 50 valence electrons. The molecule has 0 unspecified atom stereocenters. The highest BCUT2D eigenvalue weighted by Gasteiger charge is 1.89. The maximum absolute atomic E-state index is 3.73. The fraction of sp³-hybridized carbons (Fsp3) is 0.286. The summed E-state index contributed by atoms with van der Waals surface area (Å²) >= 11 is 0. The quantitative estimate of drug-likeness (QED) is 0.345. The SMILES string of the molecule is C=NN/C(=C/C)C(=C)C. The van der Waals surface area contributed by atoms with E-state index in [0.717, 1.165) is 11.3 Å². The van der Waals surface area contributed by atoms with Crippen molar-refractivity contribution in [1.82, 2.24) is 5.43 Å². The molecule has 0 amide bonds. The molecule has 2 heteroatoms. The first kappa shape index (κ1) is 7.95. The normalized spacial score (nSPS) is 10.7. The maximum atomic E-state index is 3.73. The molecular formula is C7H12N2. The molecule has 0 aliphatic carbocycles. The lowest BCUT2D eigenvalue weighted by Crippen LogP contribution is -2.03. The zero-order chi connectivity index (χ0) is 7.28. The van der Waals surface area contributed by atoms with Crippen molar-refractivity contribution in [2.75, 3.05) is 0 Å². The lowest BCUT2D eigenvalue weighted by molar-refractivity contribution is 0.905. The molecule has 0 bridgehead atoms. The fourth-order valence-electron chi connectivity index (χ4n) is 0.492. The number of nitrogens with one attached hydrogen (secondary N) is 1. The number of rotatable bonds is 3. The molecule has 0 spiro atoms. The van der Waals surface area contributed by atoms with E-state index in [4.69, 9.17) is 0 Å². The van der Waals surface area contributed by atoms with Crippen LogP contribution in [0, 0.1) is 0 Å². The Morgan fingerprint density at radius 3 is 2.33 bits per heavy atom. The second-order valence-corrected chi connectivity index (χ2v) is 1.75. The first-order valence-electron chi connectivity index (χ1n) is 2.76. The molecule has 0 atom stereocenters. The van der Waals surface area contributed by atoms with Crippen LogP contribution in [-0.4, -0.2) is 6.72 Å². The second-order valence-electron chi connectivity index (χ2n) is 1.75. The smallest absolute Gasteiger partial charge is 0.0542 e. The summed E-state index contributed by atoms with van der Waals surface area (Å²) in [5, 5.41) is 3.50. The van der Waals surface area contributed by atoms with Gasteiger partial charge in [0.2, 0.25) is 0 Å². The summed E-state index contributed by atoms with van der Waals surface area (Å²) in [4.78, 5) is 0. The minimum Gasteiger partial charge on any atom is -0.279 e. The van der Waals surface area contributed by atoms with E-state index >= 15 is 0 Å². The summed E-state index contributed by atoms with van der Waals surface area (Å²) in [6.07, 6.45) is 1.90. The molecule has 0 aromatic carbocycles. The average Bonchev–Trinajstić information content (AvgIpc) is 1.82. The summed E-state index contributed by atoms with van der Waals surface area (Å²) in [6, 6.07) is 0. The summed E-state index contributed by atoms with van der Waals surface area (Å²) in [6.45, 7) is 10.8. The molecule has 0 aromatic rings. The molecule has 0 aliphatic heterocycles. The van der Waals surface area contributed by atoms with Crippen LogP contribution in [0.15, 0.2) is 29.0 Å². The van der Waals surface area contributed by atoms with Crippen molar-refractivity contribution in [1.29, 1.82) is 0 Å². The highest BCUT2D eigenvalue weighted by molar-refractivity contribution is 5.27. The van der Waals surface area contributed by atoms with Gasteiger partial charge in [-0.1, -0.05) is 12.7 Å². The van der Waals surface area contributed by atoms with Crippen molar-refractivity contribution in [2.45, 2.75) is 13.8 Å². The van der Waals surface area contributed by atoms with Gasteiger partial charge >= 0.3 is 0 Å². The summed E-state index contributed by atoms with van der Waals surface area (Å²) < 4.78 is 0. The van der Waals surface area contributed by atoms with Crippen molar-refractivity contribution in [2.24, 2.45) is 5.10 Å². The molecule has 2 nitrogen and oxygen atoms in total. The Bertz CT molecular complexity index is 145. The van der Waals surface area contributed by atoms with E-state index in [1.54, 1.807) is 0 Å². The second kappa shape index (κ2) is 3.89. The Balaban J connectivity index is 4.00. The van der Waals surface area contributed by atoms with Crippen LogP contribution in [-0.2, 0) is 0 Å². The number of hydrazone groups is 1. The van der Waals surface area contributed by atoms with Crippen LogP contribution in [0.2, 0.25) is 0 Å². The molecule has 9 heavy (non-hydrogen) atoms. The molecule has 0 heterocycles. The van der Waals surface area contributed by atoms with Gasteiger partial charge in [-0.15, -0.1) is 0 Å². The van der Waals surface area contributed by atoms with Gasteiger partial charge in [0.05, 0.1) is 5.70 Å². The summed E-state index contributed by atoms with van der Waals surface area (Å²) in [5.74, 6) is 0. The molecule has 0 rings (SSSR count). The van der Waals surface area contributed by atoms with Gasteiger partial charge in [-0.25, -0.2) is 0 Å². The highest BCUT2D eigenvalue weighted by atomic mass is 15.3. The van der Waals surface area contributed by atoms with Gasteiger partial charge in [-0.3, -0.25) is 5.43 Å². The lowest BCUT2D eigenvalue weighted by Gasteiger charge is -2.02. The first-order chi connectivity index (χ1) is 4.22. The predicted octanol–water partition coefficient (Wildman–Crippen LogP) is 1.67. The minimum absolute atomic E-state index is 0.921. The van der Waals surface area contributed by atoms with Gasteiger partial charge in [-0.05, 0) is 19.4 Å². The van der Waals surface area contributed by atoms with Crippen molar-refractivity contribution in [3.8, 4) is 0 Å². The Kier molecular flexibility index (Phi) is 3.44. The first-order valence-corrected chi connectivity index (χ1v) is 2.76. The van der Waals surface area contributed by atoms with E-state index in [9.17, 15) is 0 Å². The van der Waals surface area contributed by atoms with Crippen LogP contribution < -0.4 is 5.43 Å². The average molecular weight is 124 g/mol. The van der Waals surface area contributed by atoms with E-state index in [2.05, 4.69) is 23.8 Å². The van der Waals surface area contributed by atoms with E-state index in [-0.39, 0.29) is 0 Å². The van der Waals surface area contributed by atoms with Gasteiger partial charge in [-0.2, -0.15) is 5.10 Å². The molecule has 0 saturated heterocycles. The molecule has 0 saturated carbocycles. The third kappa shape index (κ3) is 2.69. The third-order valence-corrected chi connectivity index (χ3v) is 0.948. The van der Waals surface area contributed by atoms with Gasteiger partial charge in [0.1, 0.15) is 0 Å². The van der Waals surface area contributed by atoms with Crippen LogP contribution in [0.3, 0.4) is 0 Å². The minimum atomic E-state index is 0.921. The van der Waals surface area contributed by atoms with Gasteiger partial charge in [0.25, 0.3) is 0 Å². The Morgan fingerprint density at radius 2 is 2.22 bits per heavy atom. The molecule has 0 aromatic heterocycles. The van der Waals surface area contributed by atoms with E-state index < -0.39 is 0 Å². The van der Waals surface area contributed by atoms with Gasteiger partial charge < -0.3 is 0 Å². The van der Waals surface area contributed by atoms with Crippen molar-refractivity contribution in [3.63, 3.8) is 0 Å². The molecule has 1 N–H and O–H groups in total. The number of allylic oxidation sites excluding steroid dienone is 2. The number of hydrogen-bond donors (Lipinski definition) is 1. The third-order valence-electron chi connectivity index (χ3n) is 0.948. The highest BCUT2D eigenvalue weighted by Crippen LogP contribution is 2.00. The number of nitrogens with zero attached hydrogens (tertiary/aromatic N) is 1. The fourth-order valence-corrected chi connectivity index (χ4v) is 0.492. The van der Waals surface area contributed by atoms with E-state index in [1.807, 2.05) is 19.9 Å². The zero-order valence-electron chi connectivity index (χ0n) is 5.94. The van der Waals surface area contributed by atoms with Crippen LogP contribution in [0.1, 0.15) is 13.8 Å². The van der Waals surface area contributed by atoms with Gasteiger partial charge in [0, 0.05) is 6.72 Å². The monoisotopic (exact) mass is 124 g/mol. The van der Waals surface area contributed by atoms with Crippen LogP contribution in [0.25, 0.3) is 0 Å². The molecule has 0 aliphatic rings. The van der Waals surface area contributed by atoms with Crippen LogP contribution >= 0.6 is 0 Å². The van der Waals surface area contributed by atoms with Crippen molar-refractivity contribution < 1.29 is 0 Å². The van der Waals surface area contributed by atoms with Crippen molar-refractivity contribution in [3.05, 3.63) is 23.9 Å². The van der Waals surface area contributed by atoms with Crippen LogP contribution in [0.4, 0.5) is 0 Å². The zero-order valence-corrected chi connectivity index (χ0v) is 5.94. The molecular weight excluding hydrogens is 112 g/mol. The maximum Gasteiger partial charge on any atom is 0.0542 e. The van der Waals surface area contributed by atoms with Crippen molar-refractivity contribution >= 4 is 6.72 Å². The predicted molar refractivity (Wildman–Crippen MR) is 41.3 cm³/mol. The van der Waals surface area contributed by atoms with Gasteiger partial charge in [0.15, 0.2) is 0 Å². The molecule has 0 fully saturated rings. The topological polar surface area (TPSA) is 24.4 Å². The van der Waals surface area contributed by atoms with Crippen LogP contribution in [0.5, 0.6) is 0 Å². The summed E-state index contributed by atoms with van der Waals surface area (Å²) in [7, 11) is 0. The Hall–Kier alpha value is -1.05. The van der Waals surface area contributed by atoms with E-state index in [0.29, 0.717) is 0 Å². The Labute approximate surface area is 56.0 Å². The lowest BCUT2D eigenvalue weighted by atomic mass is 10.2.